The van der Waals surface area contributed by atoms with Crippen LogP contribution in [0.4, 0.5) is 0 Å². The first kappa shape index (κ1) is 16.3. The van der Waals surface area contributed by atoms with Gasteiger partial charge in [0.1, 0.15) is 0 Å². The lowest BCUT2D eigenvalue weighted by Gasteiger charge is -2.22. The van der Waals surface area contributed by atoms with Crippen molar-refractivity contribution >= 4 is 33.1 Å². The Kier molecular flexibility index (Phi) is 5.18. The molecule has 1 aromatic heterocycles. The Morgan fingerprint density at radius 1 is 1.40 bits per heavy atom. The fourth-order valence-corrected chi connectivity index (χ4v) is 6.31. The second kappa shape index (κ2) is 6.36. The van der Waals surface area contributed by atoms with Crippen molar-refractivity contribution in [3.8, 4) is 0 Å². The van der Waals surface area contributed by atoms with E-state index in [2.05, 4.69) is 19.2 Å². The van der Waals surface area contributed by atoms with Gasteiger partial charge < -0.3 is 5.32 Å². The molecule has 20 heavy (non-hydrogen) atoms. The van der Waals surface area contributed by atoms with Crippen molar-refractivity contribution in [3.05, 3.63) is 16.3 Å². The van der Waals surface area contributed by atoms with Gasteiger partial charge in [-0.15, -0.1) is 11.3 Å². The number of thioether (sulfide) groups is 1. The third-order valence-electron chi connectivity index (χ3n) is 3.46. The molecule has 1 fully saturated rings. The van der Waals surface area contributed by atoms with E-state index in [0.29, 0.717) is 24.5 Å². The summed E-state index contributed by atoms with van der Waals surface area (Å²) in [7, 11) is -1.52. The predicted molar refractivity (Wildman–Crippen MR) is 87.0 cm³/mol. The lowest BCUT2D eigenvalue weighted by Crippen LogP contribution is -2.34. The van der Waals surface area contributed by atoms with Crippen LogP contribution in [-0.4, -0.2) is 43.4 Å². The molecule has 114 valence electrons. The zero-order valence-electron chi connectivity index (χ0n) is 12.2. The van der Waals surface area contributed by atoms with E-state index < -0.39 is 10.0 Å². The van der Waals surface area contributed by atoms with Crippen molar-refractivity contribution in [1.29, 1.82) is 0 Å². The molecule has 2 heterocycles. The van der Waals surface area contributed by atoms with Gasteiger partial charge in [0.15, 0.2) is 0 Å². The lowest BCUT2D eigenvalue weighted by atomic mass is 10.1. The van der Waals surface area contributed by atoms with Crippen LogP contribution >= 0.6 is 23.1 Å². The minimum absolute atomic E-state index is 0.159. The van der Waals surface area contributed by atoms with E-state index in [1.165, 1.54) is 11.3 Å². The third kappa shape index (κ3) is 3.57. The topological polar surface area (TPSA) is 49.4 Å². The van der Waals surface area contributed by atoms with E-state index in [1.807, 2.05) is 24.2 Å². The monoisotopic (exact) mass is 334 g/mol. The van der Waals surface area contributed by atoms with Crippen molar-refractivity contribution in [2.24, 2.45) is 0 Å². The molecule has 0 unspecified atom stereocenters. The summed E-state index contributed by atoms with van der Waals surface area (Å²) in [5.74, 6) is 0.859. The molecule has 0 aromatic carbocycles. The van der Waals surface area contributed by atoms with Crippen LogP contribution in [0.25, 0.3) is 0 Å². The molecular formula is C13H22N2O2S3. The Hall–Kier alpha value is -0.0800. The highest BCUT2D eigenvalue weighted by Gasteiger charge is 2.32. The van der Waals surface area contributed by atoms with Crippen molar-refractivity contribution in [2.75, 3.05) is 25.9 Å². The largest absolute Gasteiger partial charge is 0.315 e. The van der Waals surface area contributed by atoms with Crippen LogP contribution in [0, 0.1) is 0 Å². The summed E-state index contributed by atoms with van der Waals surface area (Å²) in [5, 5.41) is 4.89. The molecule has 0 saturated carbocycles. The van der Waals surface area contributed by atoms with Crippen LogP contribution in [0.1, 0.15) is 25.1 Å². The Bertz CT molecular complexity index is 552. The maximum absolute atomic E-state index is 12.8. The Morgan fingerprint density at radius 2 is 2.15 bits per heavy atom. The van der Waals surface area contributed by atoms with Crippen LogP contribution < -0.4 is 5.32 Å². The number of sulfonamides is 1. The van der Waals surface area contributed by atoms with Gasteiger partial charge in [0.05, 0.1) is 4.90 Å². The van der Waals surface area contributed by atoms with Gasteiger partial charge in [-0.1, -0.05) is 13.8 Å². The van der Waals surface area contributed by atoms with E-state index >= 15 is 0 Å². The highest BCUT2D eigenvalue weighted by molar-refractivity contribution is 8.00. The van der Waals surface area contributed by atoms with Crippen LogP contribution in [0.5, 0.6) is 0 Å². The van der Waals surface area contributed by atoms with Gasteiger partial charge in [0.2, 0.25) is 10.0 Å². The van der Waals surface area contributed by atoms with Gasteiger partial charge in [0, 0.05) is 35.0 Å². The van der Waals surface area contributed by atoms with Gasteiger partial charge in [-0.05, 0) is 24.9 Å². The standard InChI is InChI=1S/C13H22N2O2S3/c1-13(2)5-6-15(7-9-19-13)20(16,17)12-4-8-18-11(12)10-14-3/h4,8,14H,5-7,9-10H2,1-3H3. The maximum Gasteiger partial charge on any atom is 0.244 e. The summed E-state index contributed by atoms with van der Waals surface area (Å²) < 4.78 is 27.4. The molecule has 1 aliphatic rings. The molecule has 0 atom stereocenters. The highest BCUT2D eigenvalue weighted by Crippen LogP contribution is 2.33. The first-order valence-electron chi connectivity index (χ1n) is 6.72. The Labute approximate surface area is 130 Å². The Balaban J connectivity index is 2.23. The average molecular weight is 335 g/mol. The molecule has 0 amide bonds. The number of thiophene rings is 1. The quantitative estimate of drug-likeness (QED) is 0.918. The molecule has 0 bridgehead atoms. The summed E-state index contributed by atoms with van der Waals surface area (Å²) in [6, 6.07) is 1.73. The molecule has 2 rings (SSSR count). The highest BCUT2D eigenvalue weighted by atomic mass is 32.2. The summed E-state index contributed by atoms with van der Waals surface area (Å²) >= 11 is 3.35. The summed E-state index contributed by atoms with van der Waals surface area (Å²) in [6.07, 6.45) is 0.891. The van der Waals surface area contributed by atoms with E-state index in [1.54, 1.807) is 10.4 Å². The van der Waals surface area contributed by atoms with Crippen LogP contribution in [-0.2, 0) is 16.6 Å². The molecule has 1 aromatic rings. The first-order chi connectivity index (χ1) is 9.37. The number of rotatable bonds is 4. The van der Waals surface area contributed by atoms with Gasteiger partial charge in [-0.2, -0.15) is 16.1 Å². The van der Waals surface area contributed by atoms with Gasteiger partial charge >= 0.3 is 0 Å². The van der Waals surface area contributed by atoms with Crippen LogP contribution in [0.3, 0.4) is 0 Å². The van der Waals surface area contributed by atoms with Crippen molar-refractivity contribution in [2.45, 2.75) is 36.5 Å². The van der Waals surface area contributed by atoms with E-state index in [9.17, 15) is 8.42 Å². The number of nitrogens with one attached hydrogen (secondary N) is 1. The summed E-state index contributed by atoms with van der Waals surface area (Å²) in [5.41, 5.74) is 0. The molecule has 1 N–H and O–H groups in total. The lowest BCUT2D eigenvalue weighted by molar-refractivity contribution is 0.415. The molecule has 7 heteroatoms. The number of hydrogen-bond donors (Lipinski definition) is 1. The van der Waals surface area contributed by atoms with Crippen LogP contribution in [0.15, 0.2) is 16.3 Å². The molecule has 1 saturated heterocycles. The predicted octanol–water partition coefficient (Wildman–Crippen LogP) is 2.37. The minimum atomic E-state index is -3.35. The maximum atomic E-state index is 12.8. The molecular weight excluding hydrogens is 312 g/mol. The van der Waals surface area contributed by atoms with E-state index in [-0.39, 0.29) is 4.75 Å². The first-order valence-corrected chi connectivity index (χ1v) is 10.0. The summed E-state index contributed by atoms with van der Waals surface area (Å²) in [4.78, 5) is 1.37. The molecule has 4 nitrogen and oxygen atoms in total. The number of nitrogens with zero attached hydrogens (tertiary/aromatic N) is 1. The normalized spacial score (nSPS) is 20.8. The van der Waals surface area contributed by atoms with Crippen molar-refractivity contribution in [1.82, 2.24) is 9.62 Å². The second-order valence-corrected chi connectivity index (χ2v) is 10.2. The van der Waals surface area contributed by atoms with Crippen molar-refractivity contribution in [3.63, 3.8) is 0 Å². The zero-order valence-corrected chi connectivity index (χ0v) is 14.6. The van der Waals surface area contributed by atoms with Gasteiger partial charge in [-0.3, -0.25) is 0 Å². The fraction of sp³-hybridized carbons (Fsp3) is 0.692. The molecule has 0 radical (unpaired) electrons. The zero-order chi connectivity index (χ0) is 14.8. The van der Waals surface area contributed by atoms with E-state index in [0.717, 1.165) is 17.1 Å². The molecule has 0 spiro atoms. The van der Waals surface area contributed by atoms with Crippen molar-refractivity contribution < 1.29 is 8.42 Å². The average Bonchev–Trinajstić information content (AvgIpc) is 2.74. The minimum Gasteiger partial charge on any atom is -0.315 e. The molecule has 0 aliphatic carbocycles. The summed E-state index contributed by atoms with van der Waals surface area (Å²) in [6.45, 7) is 6.18. The Morgan fingerprint density at radius 3 is 2.85 bits per heavy atom. The third-order valence-corrected chi connectivity index (χ3v) is 7.86. The van der Waals surface area contributed by atoms with Crippen LogP contribution in [0.2, 0.25) is 0 Å². The number of hydrogen-bond acceptors (Lipinski definition) is 5. The SMILES string of the molecule is CNCc1sccc1S(=O)(=O)N1CCSC(C)(C)CC1. The fourth-order valence-electron chi connectivity index (χ4n) is 2.23. The smallest absolute Gasteiger partial charge is 0.244 e. The van der Waals surface area contributed by atoms with E-state index in [4.69, 9.17) is 0 Å². The second-order valence-electron chi connectivity index (χ2n) is 5.50. The van der Waals surface area contributed by atoms with Gasteiger partial charge in [0.25, 0.3) is 0 Å². The van der Waals surface area contributed by atoms with Gasteiger partial charge in [-0.25, -0.2) is 8.42 Å². The molecule has 1 aliphatic heterocycles.